The topological polar surface area (TPSA) is 99.7 Å². The van der Waals surface area contributed by atoms with Gasteiger partial charge in [-0.25, -0.2) is 18.1 Å². The summed E-state index contributed by atoms with van der Waals surface area (Å²) in [4.78, 5) is 23.1. The summed E-state index contributed by atoms with van der Waals surface area (Å²) in [6.07, 6.45) is 4.48. The number of pyridine rings is 1. The zero-order chi connectivity index (χ0) is 27.1. The van der Waals surface area contributed by atoms with Gasteiger partial charge in [0.1, 0.15) is 11.2 Å². The van der Waals surface area contributed by atoms with Crippen molar-refractivity contribution >= 4 is 32.5 Å². The van der Waals surface area contributed by atoms with Crippen LogP contribution >= 0.6 is 11.6 Å². The highest BCUT2D eigenvalue weighted by molar-refractivity contribution is 7.90. The van der Waals surface area contributed by atoms with E-state index in [2.05, 4.69) is 10.1 Å². The van der Waals surface area contributed by atoms with Gasteiger partial charge in [-0.1, -0.05) is 54.1 Å². The molecule has 0 bridgehead atoms. The summed E-state index contributed by atoms with van der Waals surface area (Å²) in [5.74, 6) is 0.327. The van der Waals surface area contributed by atoms with Crippen LogP contribution in [0.1, 0.15) is 0 Å². The smallest absolute Gasteiger partial charge is 0.268 e. The Morgan fingerprint density at radius 1 is 0.744 bits per heavy atom. The normalized spacial score (nSPS) is 11.6. The molecule has 10 heteroatoms. The van der Waals surface area contributed by atoms with Crippen molar-refractivity contribution in [2.45, 2.75) is 5.03 Å². The van der Waals surface area contributed by atoms with Crippen molar-refractivity contribution in [3.05, 3.63) is 119 Å². The first-order valence-electron chi connectivity index (χ1n) is 11.9. The number of rotatable bonds is 5. The summed E-state index contributed by atoms with van der Waals surface area (Å²) in [5, 5.41) is 4.43. The van der Waals surface area contributed by atoms with E-state index < -0.39 is 15.4 Å². The highest BCUT2D eigenvalue weighted by Gasteiger charge is 2.27. The molecule has 0 fully saturated rings. The Bertz CT molecular complexity index is 1990. The van der Waals surface area contributed by atoms with Gasteiger partial charge in [0.15, 0.2) is 20.5 Å². The Morgan fingerprint density at radius 2 is 1.36 bits per heavy atom. The third-order valence-corrected chi connectivity index (χ3v) is 7.50. The van der Waals surface area contributed by atoms with Gasteiger partial charge < -0.3 is 0 Å². The number of halogens is 1. The lowest BCUT2D eigenvalue weighted by Crippen LogP contribution is -2.23. The van der Waals surface area contributed by atoms with Gasteiger partial charge in [0.25, 0.3) is 5.56 Å². The highest BCUT2D eigenvalue weighted by atomic mass is 35.5. The molecule has 8 nitrogen and oxygen atoms in total. The second kappa shape index (κ2) is 9.61. The Labute approximate surface area is 228 Å². The van der Waals surface area contributed by atoms with E-state index in [-0.39, 0.29) is 16.1 Å². The number of fused-ring (bicyclic) bond motifs is 1. The molecule has 0 spiro atoms. The fraction of sp³-hybridized carbons (Fsp3) is 0.0345. The van der Waals surface area contributed by atoms with Gasteiger partial charge in [0, 0.05) is 29.2 Å². The molecule has 0 aliphatic heterocycles. The number of hydrogen-bond donors (Lipinski definition) is 0. The van der Waals surface area contributed by atoms with Crippen LogP contribution in [0.5, 0.6) is 0 Å². The molecule has 6 rings (SSSR count). The molecule has 0 aliphatic carbocycles. The van der Waals surface area contributed by atoms with Gasteiger partial charge in [-0.15, -0.1) is 0 Å². The monoisotopic (exact) mass is 553 g/mol. The predicted molar refractivity (Wildman–Crippen MR) is 151 cm³/mol. The molecule has 0 radical (unpaired) electrons. The van der Waals surface area contributed by atoms with Crippen LogP contribution in [0, 0.1) is 0 Å². The van der Waals surface area contributed by atoms with Crippen molar-refractivity contribution in [2.24, 2.45) is 0 Å². The van der Waals surface area contributed by atoms with Crippen LogP contribution in [0.4, 0.5) is 0 Å². The molecule has 0 unspecified atom stereocenters. The van der Waals surface area contributed by atoms with Gasteiger partial charge in [-0.05, 0) is 59.7 Å². The number of hydrogen-bond acceptors (Lipinski definition) is 6. The summed E-state index contributed by atoms with van der Waals surface area (Å²) in [7, 11) is -3.87. The minimum Gasteiger partial charge on any atom is -0.268 e. The lowest BCUT2D eigenvalue weighted by atomic mass is 10.0. The minimum atomic E-state index is -3.87. The van der Waals surface area contributed by atoms with E-state index >= 15 is 0 Å². The second-order valence-electron chi connectivity index (χ2n) is 8.89. The first kappa shape index (κ1) is 24.7. The van der Waals surface area contributed by atoms with E-state index in [9.17, 15) is 13.2 Å². The maximum atomic E-state index is 14.2. The van der Waals surface area contributed by atoms with E-state index in [1.54, 1.807) is 60.9 Å². The Morgan fingerprint density at radius 3 is 2.00 bits per heavy atom. The summed E-state index contributed by atoms with van der Waals surface area (Å²) < 4.78 is 28.4. The van der Waals surface area contributed by atoms with E-state index in [0.29, 0.717) is 27.8 Å². The average molecular weight is 554 g/mol. The molecule has 39 heavy (non-hydrogen) atoms. The fourth-order valence-corrected chi connectivity index (χ4v) is 5.33. The maximum absolute atomic E-state index is 14.2. The van der Waals surface area contributed by atoms with Crippen molar-refractivity contribution < 1.29 is 8.42 Å². The summed E-state index contributed by atoms with van der Waals surface area (Å²) in [5.41, 5.74) is 3.27. The molecule has 192 valence electrons. The SMILES string of the molecule is CS(=O)(=O)c1nn(-c2ccccc2)c2nc(-c3ccc(-c4ccncc4)cc3)n(-c3ccc(Cl)cc3)c(=O)c12. The minimum absolute atomic E-state index is 0.0894. The average Bonchev–Trinajstić information content (AvgIpc) is 3.36. The number of aromatic nitrogens is 5. The Kier molecular flexibility index (Phi) is 6.09. The molecular formula is C29H20ClN5O3S. The van der Waals surface area contributed by atoms with Crippen LogP contribution in [-0.2, 0) is 9.84 Å². The number of para-hydroxylation sites is 1. The summed E-state index contributed by atoms with van der Waals surface area (Å²) >= 11 is 6.12. The van der Waals surface area contributed by atoms with Crippen molar-refractivity contribution in [2.75, 3.05) is 6.26 Å². The quantitative estimate of drug-likeness (QED) is 0.285. The van der Waals surface area contributed by atoms with Crippen molar-refractivity contribution in [3.8, 4) is 33.9 Å². The van der Waals surface area contributed by atoms with E-state index in [0.717, 1.165) is 17.4 Å². The number of nitrogens with zero attached hydrogens (tertiary/aromatic N) is 5. The van der Waals surface area contributed by atoms with Crippen LogP contribution in [0.3, 0.4) is 0 Å². The van der Waals surface area contributed by atoms with Crippen LogP contribution in [0.15, 0.2) is 113 Å². The fourth-order valence-electron chi connectivity index (χ4n) is 4.43. The number of sulfone groups is 1. The molecule has 3 aromatic carbocycles. The Balaban J connectivity index is 1.68. The van der Waals surface area contributed by atoms with Gasteiger partial charge in [0.05, 0.1) is 11.4 Å². The van der Waals surface area contributed by atoms with Gasteiger partial charge >= 0.3 is 0 Å². The molecular weight excluding hydrogens is 534 g/mol. The van der Waals surface area contributed by atoms with Crippen LogP contribution in [-0.4, -0.2) is 39.0 Å². The first-order valence-corrected chi connectivity index (χ1v) is 14.2. The van der Waals surface area contributed by atoms with Crippen molar-refractivity contribution in [1.82, 2.24) is 24.3 Å². The van der Waals surface area contributed by atoms with Gasteiger partial charge in [-0.3, -0.25) is 14.3 Å². The molecule has 3 heterocycles. The molecule has 0 amide bonds. The molecule has 0 saturated heterocycles. The van der Waals surface area contributed by atoms with E-state index in [1.165, 1.54) is 9.25 Å². The molecule has 3 aromatic heterocycles. The summed E-state index contributed by atoms with van der Waals surface area (Å²) in [6, 6.07) is 27.1. The van der Waals surface area contributed by atoms with E-state index in [1.807, 2.05) is 42.5 Å². The molecule has 0 N–H and O–H groups in total. The molecule has 6 aromatic rings. The Hall–Kier alpha value is -4.60. The maximum Gasteiger partial charge on any atom is 0.270 e. The molecule has 0 aliphatic rings. The molecule has 0 saturated carbocycles. The zero-order valence-corrected chi connectivity index (χ0v) is 22.1. The van der Waals surface area contributed by atoms with Gasteiger partial charge in [-0.2, -0.15) is 5.10 Å². The number of benzene rings is 3. The van der Waals surface area contributed by atoms with Crippen molar-refractivity contribution in [3.63, 3.8) is 0 Å². The predicted octanol–water partition coefficient (Wildman–Crippen LogP) is 5.36. The second-order valence-corrected chi connectivity index (χ2v) is 11.3. The van der Waals surface area contributed by atoms with Gasteiger partial charge in [0.2, 0.25) is 0 Å². The van der Waals surface area contributed by atoms with Crippen LogP contribution < -0.4 is 5.56 Å². The van der Waals surface area contributed by atoms with Crippen LogP contribution in [0.2, 0.25) is 5.02 Å². The highest BCUT2D eigenvalue weighted by Crippen LogP contribution is 2.29. The third-order valence-electron chi connectivity index (χ3n) is 6.26. The largest absolute Gasteiger partial charge is 0.270 e. The molecule has 0 atom stereocenters. The lowest BCUT2D eigenvalue weighted by Gasteiger charge is -2.14. The van der Waals surface area contributed by atoms with E-state index in [4.69, 9.17) is 16.6 Å². The van der Waals surface area contributed by atoms with Crippen LogP contribution in [0.25, 0.3) is 44.9 Å². The zero-order valence-electron chi connectivity index (χ0n) is 20.6. The first-order chi connectivity index (χ1) is 18.8. The summed E-state index contributed by atoms with van der Waals surface area (Å²) in [6.45, 7) is 0. The standard InChI is InChI=1S/C29H20ClN5O3S/c1-39(37,38)28-25-27(35(33-28)24-5-3-2-4-6-24)32-26(34(29(25)36)23-13-11-22(30)12-14-23)21-9-7-19(8-10-21)20-15-17-31-18-16-20/h2-18H,1H3. The van der Waals surface area contributed by atoms with Crippen molar-refractivity contribution in [1.29, 1.82) is 0 Å². The lowest BCUT2D eigenvalue weighted by molar-refractivity contribution is 0.597. The third kappa shape index (κ3) is 4.52.